The number of imide groups is 1. The van der Waals surface area contributed by atoms with Crippen molar-refractivity contribution >= 4 is 67.4 Å². The van der Waals surface area contributed by atoms with Crippen molar-refractivity contribution in [3.63, 3.8) is 0 Å². The Morgan fingerprint density at radius 1 is 1.18 bits per heavy atom. The molecule has 2 aromatic rings. The Balaban J connectivity index is 1.73. The molecule has 4 amide bonds. The van der Waals surface area contributed by atoms with Gasteiger partial charge in [-0.05, 0) is 73.7 Å². The lowest BCUT2D eigenvalue weighted by atomic mass is 10.1. The lowest BCUT2D eigenvalue weighted by molar-refractivity contribution is -0.139. The number of urea groups is 1. The van der Waals surface area contributed by atoms with Crippen LogP contribution < -0.4 is 15.4 Å². The number of carboxylic acids is 1. The number of ether oxygens (including phenoxy) is 1. The quantitative estimate of drug-likeness (QED) is 0.322. The molecule has 9 nitrogen and oxygen atoms in total. The molecule has 0 aromatic heterocycles. The van der Waals surface area contributed by atoms with Crippen molar-refractivity contribution in [1.29, 1.82) is 0 Å². The Bertz CT molecular complexity index is 1140. The molecule has 0 atom stereocenters. The first-order chi connectivity index (χ1) is 15.7. The molecular weight excluding hydrogens is 562 g/mol. The van der Waals surface area contributed by atoms with Crippen LogP contribution in [0.15, 0.2) is 51.0 Å². The number of halogens is 2. The fourth-order valence-electron chi connectivity index (χ4n) is 3.10. The first-order valence-electron chi connectivity index (χ1n) is 9.75. The van der Waals surface area contributed by atoms with Crippen LogP contribution in [0.4, 0.5) is 10.5 Å². The van der Waals surface area contributed by atoms with Crippen LogP contribution in [0.2, 0.25) is 0 Å². The van der Waals surface area contributed by atoms with Gasteiger partial charge >= 0.3 is 12.0 Å². The number of carbonyl (C=O) groups excluding carboxylic acids is 3. The summed E-state index contributed by atoms with van der Waals surface area (Å²) in [6.07, 6.45) is 2.17. The van der Waals surface area contributed by atoms with E-state index in [1.807, 2.05) is 19.1 Å². The second-order valence-corrected chi connectivity index (χ2v) is 8.64. The Labute approximate surface area is 206 Å². The monoisotopic (exact) mass is 579 g/mol. The van der Waals surface area contributed by atoms with E-state index in [-0.39, 0.29) is 11.4 Å². The first-order valence-corrected chi connectivity index (χ1v) is 11.3. The summed E-state index contributed by atoms with van der Waals surface area (Å²) in [4.78, 5) is 49.0. The average Bonchev–Trinajstić information content (AvgIpc) is 3.00. The first kappa shape index (κ1) is 24.5. The number of rotatable bonds is 8. The van der Waals surface area contributed by atoms with E-state index >= 15 is 0 Å². The van der Waals surface area contributed by atoms with Crippen molar-refractivity contribution in [2.24, 2.45) is 0 Å². The van der Waals surface area contributed by atoms with Crippen molar-refractivity contribution in [2.75, 3.05) is 18.5 Å². The minimum Gasteiger partial charge on any atom is -0.480 e. The summed E-state index contributed by atoms with van der Waals surface area (Å²) in [6, 6.07) is 9.80. The van der Waals surface area contributed by atoms with Crippen molar-refractivity contribution in [2.45, 2.75) is 13.3 Å². The Kier molecular flexibility index (Phi) is 7.88. The molecule has 2 aromatic carbocycles. The van der Waals surface area contributed by atoms with E-state index < -0.39 is 37.0 Å². The number of benzene rings is 2. The number of amides is 4. The van der Waals surface area contributed by atoms with Crippen molar-refractivity contribution < 1.29 is 29.0 Å². The van der Waals surface area contributed by atoms with Crippen LogP contribution in [-0.2, 0) is 20.8 Å². The number of carbonyl (C=O) groups is 4. The van der Waals surface area contributed by atoms with E-state index in [2.05, 4.69) is 42.5 Å². The average molecular weight is 581 g/mol. The summed E-state index contributed by atoms with van der Waals surface area (Å²) < 4.78 is 6.12. The van der Waals surface area contributed by atoms with Gasteiger partial charge in [0.05, 0.1) is 8.95 Å². The molecule has 0 saturated carbocycles. The number of hydrogen-bond acceptors (Lipinski definition) is 5. The molecule has 0 unspecified atom stereocenters. The van der Waals surface area contributed by atoms with Gasteiger partial charge in [0.15, 0.2) is 6.61 Å². The van der Waals surface area contributed by atoms with Crippen molar-refractivity contribution in [1.82, 2.24) is 10.2 Å². The summed E-state index contributed by atoms with van der Waals surface area (Å²) in [7, 11) is 0. The van der Waals surface area contributed by atoms with Gasteiger partial charge in [-0.1, -0.05) is 25.1 Å². The molecule has 1 heterocycles. The van der Waals surface area contributed by atoms with Crippen LogP contribution >= 0.6 is 31.9 Å². The normalized spacial score (nSPS) is 14.4. The largest absolute Gasteiger partial charge is 0.480 e. The summed E-state index contributed by atoms with van der Waals surface area (Å²) in [5, 5.41) is 14.0. The number of carboxylic acid groups (broad SMARTS) is 1. The Morgan fingerprint density at radius 3 is 2.48 bits per heavy atom. The predicted octanol–water partition coefficient (Wildman–Crippen LogP) is 3.77. The lowest BCUT2D eigenvalue weighted by Gasteiger charge is -2.13. The topological polar surface area (TPSA) is 125 Å². The summed E-state index contributed by atoms with van der Waals surface area (Å²) in [6.45, 7) is 1.00. The molecule has 1 fully saturated rings. The van der Waals surface area contributed by atoms with Gasteiger partial charge in [0.2, 0.25) is 5.91 Å². The highest BCUT2D eigenvalue weighted by Gasteiger charge is 2.35. The van der Waals surface area contributed by atoms with Gasteiger partial charge in [0.1, 0.15) is 18.0 Å². The van der Waals surface area contributed by atoms with Crippen LogP contribution in [0.1, 0.15) is 18.1 Å². The van der Waals surface area contributed by atoms with Gasteiger partial charge in [-0.3, -0.25) is 9.59 Å². The van der Waals surface area contributed by atoms with E-state index in [0.29, 0.717) is 20.2 Å². The zero-order valence-corrected chi connectivity index (χ0v) is 20.5. The third kappa shape index (κ3) is 5.99. The van der Waals surface area contributed by atoms with Gasteiger partial charge in [-0.2, -0.15) is 0 Å². The van der Waals surface area contributed by atoms with Gasteiger partial charge in [-0.25, -0.2) is 14.5 Å². The van der Waals surface area contributed by atoms with Crippen LogP contribution in [0.3, 0.4) is 0 Å². The maximum Gasteiger partial charge on any atom is 0.341 e. The SMILES string of the molecule is CCc1ccccc1NC(=O)CN1C(=O)N/C(=C/c2cc(Br)c(OCC(=O)O)c(Br)c2)C1=O. The Morgan fingerprint density at radius 2 is 1.85 bits per heavy atom. The van der Waals surface area contributed by atoms with E-state index in [0.717, 1.165) is 16.9 Å². The van der Waals surface area contributed by atoms with E-state index in [4.69, 9.17) is 9.84 Å². The molecule has 11 heteroatoms. The van der Waals surface area contributed by atoms with Crippen molar-refractivity contribution in [3.8, 4) is 5.75 Å². The zero-order valence-electron chi connectivity index (χ0n) is 17.4. The smallest absolute Gasteiger partial charge is 0.341 e. The van der Waals surface area contributed by atoms with E-state index in [1.165, 1.54) is 6.08 Å². The lowest BCUT2D eigenvalue weighted by Crippen LogP contribution is -2.38. The molecule has 3 N–H and O–H groups in total. The van der Waals surface area contributed by atoms with Gasteiger partial charge in [0, 0.05) is 5.69 Å². The highest BCUT2D eigenvalue weighted by Crippen LogP contribution is 2.35. The Hall–Kier alpha value is -3.18. The molecule has 1 saturated heterocycles. The van der Waals surface area contributed by atoms with Crippen LogP contribution in [-0.4, -0.2) is 47.0 Å². The highest BCUT2D eigenvalue weighted by atomic mass is 79.9. The summed E-state index contributed by atoms with van der Waals surface area (Å²) in [5.74, 6) is -1.97. The molecule has 33 heavy (non-hydrogen) atoms. The molecule has 172 valence electrons. The van der Waals surface area contributed by atoms with Gasteiger partial charge in [-0.15, -0.1) is 0 Å². The maximum absolute atomic E-state index is 12.7. The number of nitrogens with zero attached hydrogens (tertiary/aromatic N) is 1. The zero-order chi connectivity index (χ0) is 24.1. The van der Waals surface area contributed by atoms with Gasteiger partial charge < -0.3 is 20.5 Å². The third-order valence-electron chi connectivity index (χ3n) is 4.61. The second kappa shape index (κ2) is 10.6. The summed E-state index contributed by atoms with van der Waals surface area (Å²) >= 11 is 6.60. The molecule has 1 aliphatic heterocycles. The van der Waals surface area contributed by atoms with Gasteiger partial charge in [0.25, 0.3) is 5.91 Å². The second-order valence-electron chi connectivity index (χ2n) is 6.93. The number of para-hydroxylation sites is 1. The minimum absolute atomic E-state index is 0.000220. The molecular formula is C22H19Br2N3O6. The number of aryl methyl sites for hydroxylation is 1. The molecule has 0 bridgehead atoms. The number of anilines is 1. The molecule has 0 radical (unpaired) electrons. The molecule has 1 aliphatic rings. The highest BCUT2D eigenvalue weighted by molar-refractivity contribution is 9.11. The van der Waals surface area contributed by atoms with Crippen LogP contribution in [0, 0.1) is 0 Å². The fourth-order valence-corrected chi connectivity index (χ4v) is 4.55. The van der Waals surface area contributed by atoms with E-state index in [9.17, 15) is 19.2 Å². The number of aliphatic carboxylic acids is 1. The molecule has 0 aliphatic carbocycles. The number of hydrogen-bond donors (Lipinski definition) is 3. The molecule has 3 rings (SSSR count). The van der Waals surface area contributed by atoms with Crippen molar-refractivity contribution in [3.05, 3.63) is 62.2 Å². The summed E-state index contributed by atoms with van der Waals surface area (Å²) in [5.41, 5.74) is 2.10. The standard InChI is InChI=1S/C22H19Br2N3O6/c1-2-13-5-3-4-6-16(13)25-18(28)10-27-21(31)17(26-22(27)32)9-12-7-14(23)20(15(24)8-12)33-11-19(29)30/h3-9H,2,10-11H2,1H3,(H,25,28)(H,26,32)(H,29,30)/b17-9+. The maximum atomic E-state index is 12.7. The van der Waals surface area contributed by atoms with Crippen LogP contribution in [0.25, 0.3) is 6.08 Å². The predicted molar refractivity (Wildman–Crippen MR) is 128 cm³/mol. The molecule has 0 spiro atoms. The minimum atomic E-state index is -1.12. The number of nitrogens with one attached hydrogen (secondary N) is 2. The fraction of sp³-hybridized carbons (Fsp3) is 0.182. The third-order valence-corrected chi connectivity index (χ3v) is 5.79. The van der Waals surface area contributed by atoms with E-state index in [1.54, 1.807) is 24.3 Å². The van der Waals surface area contributed by atoms with Crippen LogP contribution in [0.5, 0.6) is 5.75 Å².